The van der Waals surface area contributed by atoms with Gasteiger partial charge in [0.05, 0.1) is 0 Å². The zero-order valence-corrected chi connectivity index (χ0v) is 15.4. The van der Waals surface area contributed by atoms with E-state index in [1.54, 1.807) is 5.56 Å². The maximum Gasteiger partial charge on any atom is 0.142 e. The van der Waals surface area contributed by atoms with E-state index in [4.69, 9.17) is 10.5 Å². The van der Waals surface area contributed by atoms with Gasteiger partial charge in [0, 0.05) is 0 Å². The molecule has 0 aromatic heterocycles. The molecule has 1 aromatic rings. The van der Waals surface area contributed by atoms with Gasteiger partial charge < -0.3 is 5.73 Å². The van der Waals surface area contributed by atoms with Crippen molar-refractivity contribution in [1.82, 2.24) is 0 Å². The van der Waals surface area contributed by atoms with Crippen molar-refractivity contribution in [2.45, 2.75) is 70.6 Å². The molecule has 0 unspecified atom stereocenters. The largest absolute Gasteiger partial charge is 0.330 e. The standard InChI is InChI=1S/C19H31N.C3H4O/c1-2-3-4-5-16-6-10-18(11-7-16)19-12-8-17(9-13-19)14-15-20;1-2-3-4/h8-9,12-13,16,18H,2-7,10-11,14-15,20H2,1H3;2-3H,1H2. The second-order valence-electron chi connectivity index (χ2n) is 6.87. The molecule has 0 atom stereocenters. The van der Waals surface area contributed by atoms with E-state index in [0.717, 1.165) is 24.8 Å². The number of hydrogen-bond donors (Lipinski definition) is 1. The number of benzene rings is 1. The normalized spacial score (nSPS) is 19.9. The van der Waals surface area contributed by atoms with Crippen LogP contribution in [0.5, 0.6) is 0 Å². The van der Waals surface area contributed by atoms with Crippen molar-refractivity contribution in [2.75, 3.05) is 6.54 Å². The molecular formula is C22H35NO. The first-order valence-corrected chi connectivity index (χ1v) is 9.60. The Hall–Kier alpha value is -1.41. The predicted octanol–water partition coefficient (Wildman–Crippen LogP) is 5.41. The van der Waals surface area contributed by atoms with Crippen LogP contribution in [0.25, 0.3) is 0 Å². The number of aldehydes is 1. The number of nitrogens with two attached hydrogens (primary N) is 1. The summed E-state index contributed by atoms with van der Waals surface area (Å²) in [6.45, 7) is 6.16. The molecule has 0 heterocycles. The van der Waals surface area contributed by atoms with Crippen LogP contribution in [0, 0.1) is 5.92 Å². The van der Waals surface area contributed by atoms with E-state index >= 15 is 0 Å². The van der Waals surface area contributed by atoms with Gasteiger partial charge in [-0.2, -0.15) is 0 Å². The molecule has 0 aliphatic heterocycles. The molecule has 2 nitrogen and oxygen atoms in total. The van der Waals surface area contributed by atoms with Gasteiger partial charge in [-0.15, -0.1) is 0 Å². The lowest BCUT2D eigenvalue weighted by Gasteiger charge is -2.29. The topological polar surface area (TPSA) is 43.1 Å². The van der Waals surface area contributed by atoms with E-state index < -0.39 is 0 Å². The van der Waals surface area contributed by atoms with Crippen LogP contribution < -0.4 is 5.73 Å². The molecule has 1 fully saturated rings. The summed E-state index contributed by atoms with van der Waals surface area (Å²) in [6, 6.07) is 9.23. The van der Waals surface area contributed by atoms with Gasteiger partial charge in [-0.1, -0.05) is 63.5 Å². The van der Waals surface area contributed by atoms with Crippen LogP contribution in [0.4, 0.5) is 0 Å². The molecule has 2 N–H and O–H groups in total. The average molecular weight is 330 g/mol. The zero-order valence-electron chi connectivity index (χ0n) is 15.4. The minimum atomic E-state index is 0.639. The SMILES string of the molecule is C=CC=O.CCCCCC1CCC(c2ccc(CCN)cc2)CC1. The molecule has 2 rings (SSSR count). The smallest absolute Gasteiger partial charge is 0.142 e. The summed E-state index contributed by atoms with van der Waals surface area (Å²) in [5, 5.41) is 0. The van der Waals surface area contributed by atoms with Gasteiger partial charge in [-0.05, 0) is 67.7 Å². The Labute approximate surface area is 148 Å². The molecule has 24 heavy (non-hydrogen) atoms. The van der Waals surface area contributed by atoms with Crippen molar-refractivity contribution in [3.63, 3.8) is 0 Å². The van der Waals surface area contributed by atoms with Gasteiger partial charge in [0.15, 0.2) is 0 Å². The van der Waals surface area contributed by atoms with Gasteiger partial charge in [-0.3, -0.25) is 4.79 Å². The number of hydrogen-bond acceptors (Lipinski definition) is 2. The van der Waals surface area contributed by atoms with Crippen LogP contribution >= 0.6 is 0 Å². The Balaban J connectivity index is 0.000000648. The molecular weight excluding hydrogens is 294 g/mol. The van der Waals surface area contributed by atoms with Gasteiger partial charge in [0.1, 0.15) is 6.29 Å². The highest BCUT2D eigenvalue weighted by molar-refractivity contribution is 5.63. The predicted molar refractivity (Wildman–Crippen MR) is 104 cm³/mol. The molecule has 0 amide bonds. The quantitative estimate of drug-likeness (QED) is 0.393. The van der Waals surface area contributed by atoms with Crippen molar-refractivity contribution in [2.24, 2.45) is 11.7 Å². The van der Waals surface area contributed by atoms with Gasteiger partial charge in [0.25, 0.3) is 0 Å². The van der Waals surface area contributed by atoms with E-state index in [0.29, 0.717) is 6.29 Å². The third-order valence-electron chi connectivity index (χ3n) is 5.04. The number of rotatable bonds is 8. The summed E-state index contributed by atoms with van der Waals surface area (Å²) in [6.07, 6.45) is 14.2. The molecule has 134 valence electrons. The van der Waals surface area contributed by atoms with Crippen LogP contribution in [-0.2, 0) is 11.2 Å². The average Bonchev–Trinajstić information content (AvgIpc) is 2.64. The van der Waals surface area contributed by atoms with Crippen LogP contribution in [0.2, 0.25) is 0 Å². The number of carbonyl (C=O) groups is 1. The first-order chi connectivity index (χ1) is 11.7. The highest BCUT2D eigenvalue weighted by Gasteiger charge is 2.21. The number of unbranched alkanes of at least 4 members (excludes halogenated alkanes) is 2. The zero-order chi connectivity index (χ0) is 17.6. The fourth-order valence-corrected chi connectivity index (χ4v) is 3.59. The fourth-order valence-electron chi connectivity index (χ4n) is 3.59. The van der Waals surface area contributed by atoms with Crippen LogP contribution in [0.15, 0.2) is 36.9 Å². The summed E-state index contributed by atoms with van der Waals surface area (Å²) in [5.41, 5.74) is 8.54. The van der Waals surface area contributed by atoms with Crippen molar-refractivity contribution in [1.29, 1.82) is 0 Å². The van der Waals surface area contributed by atoms with Crippen molar-refractivity contribution in [3.8, 4) is 0 Å². The Kier molecular flexibility index (Phi) is 11.1. The lowest BCUT2D eigenvalue weighted by atomic mass is 9.77. The third-order valence-corrected chi connectivity index (χ3v) is 5.04. The number of allylic oxidation sites excluding steroid dienone is 1. The molecule has 0 radical (unpaired) electrons. The lowest BCUT2D eigenvalue weighted by Crippen LogP contribution is -2.13. The summed E-state index contributed by atoms with van der Waals surface area (Å²) in [4.78, 5) is 9.06. The van der Waals surface area contributed by atoms with E-state index in [2.05, 4.69) is 37.8 Å². The van der Waals surface area contributed by atoms with Gasteiger partial charge >= 0.3 is 0 Å². The van der Waals surface area contributed by atoms with E-state index in [1.165, 1.54) is 63.0 Å². The van der Waals surface area contributed by atoms with Crippen LogP contribution in [0.1, 0.15) is 75.3 Å². The summed E-state index contributed by atoms with van der Waals surface area (Å²) in [5.74, 6) is 1.82. The molecule has 1 aliphatic carbocycles. The fraction of sp³-hybridized carbons (Fsp3) is 0.591. The molecule has 2 heteroatoms. The highest BCUT2D eigenvalue weighted by atomic mass is 16.1. The first kappa shape index (κ1) is 20.6. The molecule has 0 spiro atoms. The lowest BCUT2D eigenvalue weighted by molar-refractivity contribution is -0.104. The van der Waals surface area contributed by atoms with Crippen LogP contribution in [0.3, 0.4) is 0 Å². The Morgan fingerprint density at radius 1 is 1.12 bits per heavy atom. The minimum absolute atomic E-state index is 0.639. The van der Waals surface area contributed by atoms with E-state index in [1.807, 2.05) is 0 Å². The van der Waals surface area contributed by atoms with Gasteiger partial charge in [-0.25, -0.2) is 0 Å². The van der Waals surface area contributed by atoms with Crippen molar-refractivity contribution in [3.05, 3.63) is 48.0 Å². The van der Waals surface area contributed by atoms with E-state index in [9.17, 15) is 0 Å². The Morgan fingerprint density at radius 2 is 1.75 bits per heavy atom. The summed E-state index contributed by atoms with van der Waals surface area (Å²) < 4.78 is 0. The van der Waals surface area contributed by atoms with Crippen LogP contribution in [-0.4, -0.2) is 12.8 Å². The maximum absolute atomic E-state index is 9.06. The van der Waals surface area contributed by atoms with Crippen molar-refractivity contribution < 1.29 is 4.79 Å². The van der Waals surface area contributed by atoms with Crippen molar-refractivity contribution >= 4 is 6.29 Å². The second-order valence-corrected chi connectivity index (χ2v) is 6.87. The molecule has 0 saturated heterocycles. The Bertz CT molecular complexity index is 438. The molecule has 1 aliphatic rings. The molecule has 1 saturated carbocycles. The van der Waals surface area contributed by atoms with Gasteiger partial charge in [0.2, 0.25) is 0 Å². The molecule has 0 bridgehead atoms. The Morgan fingerprint density at radius 3 is 2.25 bits per heavy atom. The third kappa shape index (κ3) is 7.92. The first-order valence-electron chi connectivity index (χ1n) is 9.60. The minimum Gasteiger partial charge on any atom is -0.330 e. The van der Waals surface area contributed by atoms with E-state index in [-0.39, 0.29) is 0 Å². The monoisotopic (exact) mass is 329 g/mol. The molecule has 1 aromatic carbocycles. The number of carbonyl (C=O) groups excluding carboxylic acids is 1. The maximum atomic E-state index is 9.06. The summed E-state index contributed by atoms with van der Waals surface area (Å²) >= 11 is 0. The second kappa shape index (κ2) is 12.9. The highest BCUT2D eigenvalue weighted by Crippen LogP contribution is 2.37. The summed E-state index contributed by atoms with van der Waals surface area (Å²) in [7, 11) is 0.